The molecule has 3 rings (SSSR count). The van der Waals surface area contributed by atoms with E-state index < -0.39 is 0 Å². The van der Waals surface area contributed by atoms with Gasteiger partial charge >= 0.3 is 0 Å². The van der Waals surface area contributed by atoms with Gasteiger partial charge in [-0.15, -0.1) is 0 Å². The standard InChI is InChI=1S/C15H13N3/c1-10-5-6-12(8-11(10)2)15-17-9-14-13(18-15)4-3-7-16-14/h3-9H,1-2H3. The van der Waals surface area contributed by atoms with Gasteiger partial charge in [0.05, 0.1) is 11.7 Å². The molecule has 0 atom stereocenters. The third-order valence-electron chi connectivity index (χ3n) is 3.12. The molecule has 0 bridgehead atoms. The zero-order chi connectivity index (χ0) is 12.5. The number of rotatable bonds is 1. The number of hydrogen-bond acceptors (Lipinski definition) is 3. The van der Waals surface area contributed by atoms with Crippen molar-refractivity contribution >= 4 is 11.0 Å². The molecule has 0 saturated heterocycles. The topological polar surface area (TPSA) is 38.7 Å². The minimum absolute atomic E-state index is 0.749. The Balaban J connectivity index is 2.16. The van der Waals surface area contributed by atoms with E-state index in [2.05, 4.69) is 47.0 Å². The highest BCUT2D eigenvalue weighted by Crippen LogP contribution is 2.20. The fraction of sp³-hybridized carbons (Fsp3) is 0.133. The van der Waals surface area contributed by atoms with Crippen molar-refractivity contribution in [2.24, 2.45) is 0 Å². The lowest BCUT2D eigenvalue weighted by Gasteiger charge is -2.04. The molecule has 2 aromatic heterocycles. The molecular weight excluding hydrogens is 222 g/mol. The van der Waals surface area contributed by atoms with Crippen LogP contribution in [0.1, 0.15) is 11.1 Å². The zero-order valence-corrected chi connectivity index (χ0v) is 10.4. The second kappa shape index (κ2) is 4.18. The average molecular weight is 235 g/mol. The molecule has 2 heterocycles. The van der Waals surface area contributed by atoms with E-state index >= 15 is 0 Å². The van der Waals surface area contributed by atoms with Crippen LogP contribution in [0.25, 0.3) is 22.4 Å². The summed E-state index contributed by atoms with van der Waals surface area (Å²) >= 11 is 0. The van der Waals surface area contributed by atoms with Gasteiger partial charge in [0.15, 0.2) is 5.82 Å². The largest absolute Gasteiger partial charge is 0.253 e. The van der Waals surface area contributed by atoms with Crippen molar-refractivity contribution in [1.82, 2.24) is 15.0 Å². The number of fused-ring (bicyclic) bond motifs is 1. The second-order valence-electron chi connectivity index (χ2n) is 4.40. The van der Waals surface area contributed by atoms with E-state index in [0.717, 1.165) is 22.4 Å². The molecular formula is C15H13N3. The summed E-state index contributed by atoms with van der Waals surface area (Å²) in [5.41, 5.74) is 5.28. The molecule has 0 fully saturated rings. The number of aryl methyl sites for hydroxylation is 2. The molecule has 0 radical (unpaired) electrons. The highest BCUT2D eigenvalue weighted by atomic mass is 14.9. The van der Waals surface area contributed by atoms with Crippen molar-refractivity contribution in [2.45, 2.75) is 13.8 Å². The minimum atomic E-state index is 0.749. The first-order chi connectivity index (χ1) is 8.74. The number of benzene rings is 1. The van der Waals surface area contributed by atoms with Gasteiger partial charge in [-0.25, -0.2) is 9.97 Å². The maximum Gasteiger partial charge on any atom is 0.159 e. The fourth-order valence-corrected chi connectivity index (χ4v) is 1.89. The number of nitrogens with zero attached hydrogens (tertiary/aromatic N) is 3. The van der Waals surface area contributed by atoms with Crippen LogP contribution in [0.5, 0.6) is 0 Å². The summed E-state index contributed by atoms with van der Waals surface area (Å²) in [5, 5.41) is 0. The lowest BCUT2D eigenvalue weighted by Crippen LogP contribution is -1.92. The van der Waals surface area contributed by atoms with Crippen LogP contribution in [-0.2, 0) is 0 Å². The Morgan fingerprint density at radius 3 is 2.61 bits per heavy atom. The highest BCUT2D eigenvalue weighted by Gasteiger charge is 2.04. The minimum Gasteiger partial charge on any atom is -0.253 e. The molecule has 0 amide bonds. The number of pyridine rings is 1. The monoisotopic (exact) mass is 235 g/mol. The molecule has 18 heavy (non-hydrogen) atoms. The highest BCUT2D eigenvalue weighted by molar-refractivity contribution is 5.75. The normalized spacial score (nSPS) is 10.8. The first-order valence-electron chi connectivity index (χ1n) is 5.89. The molecule has 0 aliphatic rings. The van der Waals surface area contributed by atoms with Crippen LogP contribution in [0.3, 0.4) is 0 Å². The van der Waals surface area contributed by atoms with E-state index in [-0.39, 0.29) is 0 Å². The van der Waals surface area contributed by atoms with Crippen LogP contribution in [0.15, 0.2) is 42.7 Å². The van der Waals surface area contributed by atoms with Crippen molar-refractivity contribution in [3.05, 3.63) is 53.9 Å². The summed E-state index contributed by atoms with van der Waals surface area (Å²) in [4.78, 5) is 13.1. The molecule has 0 N–H and O–H groups in total. The van der Waals surface area contributed by atoms with Gasteiger partial charge in [-0.05, 0) is 43.2 Å². The molecule has 0 aliphatic heterocycles. The van der Waals surface area contributed by atoms with Gasteiger partial charge in [-0.1, -0.05) is 12.1 Å². The molecule has 3 aromatic rings. The summed E-state index contributed by atoms with van der Waals surface area (Å²) in [6.45, 7) is 4.20. The summed E-state index contributed by atoms with van der Waals surface area (Å²) in [5.74, 6) is 0.749. The van der Waals surface area contributed by atoms with Gasteiger partial charge in [0.25, 0.3) is 0 Å². The first-order valence-corrected chi connectivity index (χ1v) is 5.89. The molecule has 3 nitrogen and oxygen atoms in total. The Bertz CT molecular complexity index is 720. The predicted molar refractivity (Wildman–Crippen MR) is 72.2 cm³/mol. The van der Waals surface area contributed by atoms with E-state index in [9.17, 15) is 0 Å². The Morgan fingerprint density at radius 2 is 1.78 bits per heavy atom. The van der Waals surface area contributed by atoms with Crippen molar-refractivity contribution in [2.75, 3.05) is 0 Å². The summed E-state index contributed by atoms with van der Waals surface area (Å²) in [6.07, 6.45) is 3.52. The van der Waals surface area contributed by atoms with Crippen LogP contribution < -0.4 is 0 Å². The van der Waals surface area contributed by atoms with Gasteiger partial charge in [-0.2, -0.15) is 0 Å². The van der Waals surface area contributed by atoms with E-state index in [4.69, 9.17) is 0 Å². The average Bonchev–Trinajstić information content (AvgIpc) is 2.41. The van der Waals surface area contributed by atoms with Crippen molar-refractivity contribution in [3.63, 3.8) is 0 Å². The molecule has 0 aliphatic carbocycles. The number of aromatic nitrogens is 3. The maximum absolute atomic E-state index is 4.54. The van der Waals surface area contributed by atoms with Gasteiger partial charge in [0.1, 0.15) is 5.52 Å². The second-order valence-corrected chi connectivity index (χ2v) is 4.40. The van der Waals surface area contributed by atoms with Gasteiger partial charge in [-0.3, -0.25) is 4.98 Å². The molecule has 0 saturated carbocycles. The molecule has 0 spiro atoms. The first kappa shape index (κ1) is 10.8. The Kier molecular flexibility index (Phi) is 2.52. The van der Waals surface area contributed by atoms with E-state index in [1.807, 2.05) is 12.1 Å². The quantitative estimate of drug-likeness (QED) is 0.649. The SMILES string of the molecule is Cc1ccc(-c2ncc3ncccc3n2)cc1C. The molecule has 3 heteroatoms. The molecule has 0 unspecified atom stereocenters. The Morgan fingerprint density at radius 1 is 0.889 bits per heavy atom. The number of hydrogen-bond donors (Lipinski definition) is 0. The third kappa shape index (κ3) is 1.84. The summed E-state index contributed by atoms with van der Waals surface area (Å²) in [7, 11) is 0. The maximum atomic E-state index is 4.54. The van der Waals surface area contributed by atoms with Crippen molar-refractivity contribution in [3.8, 4) is 11.4 Å². The Labute approximate surface area is 106 Å². The lowest BCUT2D eigenvalue weighted by molar-refractivity contribution is 1.20. The van der Waals surface area contributed by atoms with Crippen LogP contribution in [0.2, 0.25) is 0 Å². The van der Waals surface area contributed by atoms with Crippen LogP contribution in [-0.4, -0.2) is 15.0 Å². The van der Waals surface area contributed by atoms with E-state index in [0.29, 0.717) is 0 Å². The van der Waals surface area contributed by atoms with E-state index in [1.54, 1.807) is 12.4 Å². The van der Waals surface area contributed by atoms with Crippen LogP contribution >= 0.6 is 0 Å². The summed E-state index contributed by atoms with van der Waals surface area (Å²) in [6, 6.07) is 10.1. The van der Waals surface area contributed by atoms with Gasteiger partial charge in [0, 0.05) is 11.8 Å². The Hall–Kier alpha value is -2.29. The van der Waals surface area contributed by atoms with Crippen molar-refractivity contribution in [1.29, 1.82) is 0 Å². The predicted octanol–water partition coefficient (Wildman–Crippen LogP) is 3.31. The summed E-state index contributed by atoms with van der Waals surface area (Å²) < 4.78 is 0. The van der Waals surface area contributed by atoms with Crippen LogP contribution in [0.4, 0.5) is 0 Å². The lowest BCUT2D eigenvalue weighted by atomic mass is 10.1. The molecule has 1 aromatic carbocycles. The fourth-order valence-electron chi connectivity index (χ4n) is 1.89. The molecule has 88 valence electrons. The van der Waals surface area contributed by atoms with Crippen LogP contribution in [0, 0.1) is 13.8 Å². The zero-order valence-electron chi connectivity index (χ0n) is 10.4. The van der Waals surface area contributed by atoms with Crippen molar-refractivity contribution < 1.29 is 0 Å². The smallest absolute Gasteiger partial charge is 0.159 e. The van der Waals surface area contributed by atoms with E-state index in [1.165, 1.54) is 11.1 Å². The van der Waals surface area contributed by atoms with Gasteiger partial charge in [0.2, 0.25) is 0 Å². The third-order valence-corrected chi connectivity index (χ3v) is 3.12. The van der Waals surface area contributed by atoms with Gasteiger partial charge < -0.3 is 0 Å².